The molecule has 1 aromatic carbocycles. The fourth-order valence-electron chi connectivity index (χ4n) is 1.67. The molecule has 1 saturated carbocycles. The quantitative estimate of drug-likeness (QED) is 0.837. The molecule has 1 aromatic rings. The van der Waals surface area contributed by atoms with Crippen molar-refractivity contribution in [2.24, 2.45) is 0 Å². The number of halogens is 1. The fraction of sp³-hybridized carbons (Fsp3) is 0.538. The first-order valence-corrected chi connectivity index (χ1v) is 8.70. The van der Waals surface area contributed by atoms with E-state index in [-0.39, 0.29) is 12.4 Å². The molecule has 0 radical (unpaired) electrons. The molecule has 106 valence electrons. The van der Waals surface area contributed by atoms with Crippen LogP contribution in [0.2, 0.25) is 5.02 Å². The monoisotopic (exact) mass is 303 g/mol. The van der Waals surface area contributed by atoms with Crippen LogP contribution >= 0.6 is 11.6 Å². The van der Waals surface area contributed by atoms with Crippen LogP contribution in [0, 0.1) is 0 Å². The first-order valence-electron chi connectivity index (χ1n) is 6.26. The van der Waals surface area contributed by atoms with E-state index >= 15 is 0 Å². The fourth-order valence-corrected chi connectivity index (χ4v) is 2.25. The van der Waals surface area contributed by atoms with Crippen LogP contribution in [0.5, 0.6) is 5.75 Å². The van der Waals surface area contributed by atoms with Gasteiger partial charge in [0.2, 0.25) is 0 Å². The maximum atomic E-state index is 11.1. The Hall–Kier alpha value is -0.780. The molecular weight excluding hydrogens is 286 g/mol. The topological polar surface area (TPSA) is 55.4 Å². The third kappa shape index (κ3) is 5.38. The number of rotatable bonds is 7. The van der Waals surface area contributed by atoms with E-state index in [1.54, 1.807) is 12.1 Å². The lowest BCUT2D eigenvalue weighted by molar-refractivity contribution is 0.336. The molecule has 0 amide bonds. The molecule has 0 atom stereocenters. The maximum absolute atomic E-state index is 11.1. The first-order chi connectivity index (χ1) is 8.94. The average Bonchev–Trinajstić information content (AvgIpc) is 3.11. The Bertz CT molecular complexity index is 541. The zero-order valence-electron chi connectivity index (χ0n) is 10.9. The zero-order valence-corrected chi connectivity index (χ0v) is 12.4. The largest absolute Gasteiger partial charge is 0.492 e. The Morgan fingerprint density at radius 1 is 1.42 bits per heavy atom. The molecule has 0 spiro atoms. The van der Waals surface area contributed by atoms with Crippen molar-refractivity contribution in [2.45, 2.75) is 25.4 Å². The standard InChI is InChI=1S/C13H18ClNO3S/c1-19(16,17)7-6-18-13-5-2-11(14)8-10(13)9-15-12-3-4-12/h2,5,8,12,15H,3-4,6-7,9H2,1H3. The van der Waals surface area contributed by atoms with E-state index < -0.39 is 9.84 Å². The summed E-state index contributed by atoms with van der Waals surface area (Å²) in [6, 6.07) is 5.99. The van der Waals surface area contributed by atoms with Gasteiger partial charge in [0.25, 0.3) is 0 Å². The zero-order chi connectivity index (χ0) is 13.9. The van der Waals surface area contributed by atoms with Crippen molar-refractivity contribution >= 4 is 21.4 Å². The third-order valence-corrected chi connectivity index (χ3v) is 4.04. The van der Waals surface area contributed by atoms with Crippen LogP contribution in [0.1, 0.15) is 18.4 Å². The summed E-state index contributed by atoms with van der Waals surface area (Å²) in [4.78, 5) is 0. The van der Waals surface area contributed by atoms with Crippen LogP contribution < -0.4 is 10.1 Å². The highest BCUT2D eigenvalue weighted by Gasteiger charge is 2.20. The smallest absolute Gasteiger partial charge is 0.150 e. The van der Waals surface area contributed by atoms with Crippen molar-refractivity contribution < 1.29 is 13.2 Å². The van der Waals surface area contributed by atoms with Crippen LogP contribution in [0.4, 0.5) is 0 Å². The average molecular weight is 304 g/mol. The van der Waals surface area contributed by atoms with Gasteiger partial charge in [-0.3, -0.25) is 0 Å². The number of ether oxygens (including phenoxy) is 1. The van der Waals surface area contributed by atoms with Gasteiger partial charge >= 0.3 is 0 Å². The lowest BCUT2D eigenvalue weighted by atomic mass is 10.2. The summed E-state index contributed by atoms with van der Waals surface area (Å²) in [6.07, 6.45) is 3.63. The van der Waals surface area contributed by atoms with Gasteiger partial charge in [-0.2, -0.15) is 0 Å². The van der Waals surface area contributed by atoms with Gasteiger partial charge in [0, 0.05) is 29.4 Å². The van der Waals surface area contributed by atoms with E-state index in [9.17, 15) is 8.42 Å². The highest BCUT2D eigenvalue weighted by molar-refractivity contribution is 7.90. The van der Waals surface area contributed by atoms with E-state index in [1.165, 1.54) is 19.1 Å². The second kappa shape index (κ2) is 6.11. The molecule has 0 heterocycles. The van der Waals surface area contributed by atoms with Crippen LogP contribution in [0.15, 0.2) is 18.2 Å². The Labute approximate surface area is 119 Å². The molecule has 2 rings (SSSR count). The molecule has 1 aliphatic rings. The predicted octanol–water partition coefficient (Wildman–Crippen LogP) is 2.02. The molecular formula is C13H18ClNO3S. The van der Waals surface area contributed by atoms with E-state index in [1.807, 2.05) is 6.07 Å². The predicted molar refractivity (Wildman–Crippen MR) is 76.5 cm³/mol. The second-order valence-corrected chi connectivity index (χ2v) is 7.58. The number of sulfone groups is 1. The third-order valence-electron chi connectivity index (χ3n) is 2.89. The molecule has 1 fully saturated rings. The van der Waals surface area contributed by atoms with Gasteiger partial charge in [-0.05, 0) is 31.0 Å². The highest BCUT2D eigenvalue weighted by Crippen LogP contribution is 2.25. The van der Waals surface area contributed by atoms with Crippen molar-refractivity contribution in [2.75, 3.05) is 18.6 Å². The Morgan fingerprint density at radius 2 is 2.16 bits per heavy atom. The summed E-state index contributed by atoms with van der Waals surface area (Å²) in [7, 11) is -3.00. The minimum Gasteiger partial charge on any atom is -0.492 e. The van der Waals surface area contributed by atoms with E-state index in [0.29, 0.717) is 23.4 Å². The normalized spacial score (nSPS) is 15.5. The summed E-state index contributed by atoms with van der Waals surface area (Å²) in [5, 5.41) is 4.05. The summed E-state index contributed by atoms with van der Waals surface area (Å²) >= 11 is 5.98. The van der Waals surface area contributed by atoms with Gasteiger partial charge in [-0.15, -0.1) is 0 Å². The van der Waals surface area contributed by atoms with Gasteiger partial charge in [0.1, 0.15) is 12.4 Å². The minimum atomic E-state index is -3.00. The molecule has 0 saturated heterocycles. The Kier molecular flexibility index (Phi) is 4.71. The van der Waals surface area contributed by atoms with Crippen LogP contribution in [-0.4, -0.2) is 33.1 Å². The summed E-state index contributed by atoms with van der Waals surface area (Å²) in [6.45, 7) is 0.857. The van der Waals surface area contributed by atoms with Gasteiger partial charge < -0.3 is 10.1 Å². The number of hydrogen-bond acceptors (Lipinski definition) is 4. The number of hydrogen-bond donors (Lipinski definition) is 1. The lowest BCUT2D eigenvalue weighted by Crippen LogP contribution is -2.17. The molecule has 0 bridgehead atoms. The number of benzene rings is 1. The SMILES string of the molecule is CS(=O)(=O)CCOc1ccc(Cl)cc1CNC1CC1. The molecule has 0 unspecified atom stereocenters. The van der Waals surface area contributed by atoms with Crippen molar-refractivity contribution in [3.63, 3.8) is 0 Å². The Balaban J connectivity index is 1.96. The maximum Gasteiger partial charge on any atom is 0.150 e. The molecule has 6 heteroatoms. The molecule has 4 nitrogen and oxygen atoms in total. The van der Waals surface area contributed by atoms with E-state index in [0.717, 1.165) is 5.56 Å². The first kappa shape index (κ1) is 14.6. The van der Waals surface area contributed by atoms with Crippen molar-refractivity contribution in [3.8, 4) is 5.75 Å². The van der Waals surface area contributed by atoms with Crippen LogP contribution in [0.25, 0.3) is 0 Å². The summed E-state index contributed by atoms with van der Waals surface area (Å²) in [5.41, 5.74) is 0.966. The van der Waals surface area contributed by atoms with Crippen molar-refractivity contribution in [3.05, 3.63) is 28.8 Å². The summed E-state index contributed by atoms with van der Waals surface area (Å²) < 4.78 is 27.7. The van der Waals surface area contributed by atoms with Crippen LogP contribution in [0.3, 0.4) is 0 Å². The van der Waals surface area contributed by atoms with Gasteiger partial charge in [0.05, 0.1) is 5.75 Å². The van der Waals surface area contributed by atoms with Gasteiger partial charge in [-0.25, -0.2) is 8.42 Å². The van der Waals surface area contributed by atoms with E-state index in [4.69, 9.17) is 16.3 Å². The van der Waals surface area contributed by atoms with Gasteiger partial charge in [0.15, 0.2) is 9.84 Å². The Morgan fingerprint density at radius 3 is 2.79 bits per heavy atom. The van der Waals surface area contributed by atoms with Crippen molar-refractivity contribution in [1.82, 2.24) is 5.32 Å². The van der Waals surface area contributed by atoms with E-state index in [2.05, 4.69) is 5.32 Å². The molecule has 1 N–H and O–H groups in total. The number of nitrogens with one attached hydrogen (secondary N) is 1. The highest BCUT2D eigenvalue weighted by atomic mass is 35.5. The van der Waals surface area contributed by atoms with Gasteiger partial charge in [-0.1, -0.05) is 11.6 Å². The molecule has 1 aliphatic carbocycles. The van der Waals surface area contributed by atoms with Crippen molar-refractivity contribution in [1.29, 1.82) is 0 Å². The van der Waals surface area contributed by atoms with Crippen LogP contribution in [-0.2, 0) is 16.4 Å². The molecule has 0 aromatic heterocycles. The molecule has 0 aliphatic heterocycles. The second-order valence-electron chi connectivity index (χ2n) is 4.89. The lowest BCUT2D eigenvalue weighted by Gasteiger charge is -2.12. The molecule has 19 heavy (non-hydrogen) atoms. The summed E-state index contributed by atoms with van der Waals surface area (Å²) in [5.74, 6) is 0.715. The minimum absolute atomic E-state index is 0.0190.